The molecule has 0 saturated carbocycles. The van der Waals surface area contributed by atoms with Crippen LogP contribution in [0.5, 0.6) is 0 Å². The van der Waals surface area contributed by atoms with Crippen LogP contribution in [0.25, 0.3) is 0 Å². The highest BCUT2D eigenvalue weighted by molar-refractivity contribution is 5.16. The van der Waals surface area contributed by atoms with Crippen LogP contribution in [0, 0.1) is 5.92 Å². The van der Waals surface area contributed by atoms with Crippen molar-refractivity contribution in [2.24, 2.45) is 5.92 Å². The van der Waals surface area contributed by atoms with Crippen LogP contribution in [0.1, 0.15) is 50.9 Å². The van der Waals surface area contributed by atoms with Gasteiger partial charge in [0.2, 0.25) is 0 Å². The fourth-order valence-corrected chi connectivity index (χ4v) is 2.75. The minimum atomic E-state index is 0.882. The van der Waals surface area contributed by atoms with Crippen molar-refractivity contribution in [2.45, 2.75) is 52.6 Å². The quantitative estimate of drug-likeness (QED) is 0.798. The molecule has 0 spiro atoms. The van der Waals surface area contributed by atoms with Gasteiger partial charge in [0.15, 0.2) is 0 Å². The maximum absolute atomic E-state index is 5.68. The summed E-state index contributed by atoms with van der Waals surface area (Å²) in [7, 11) is 0. The number of hydrogen-bond acceptors (Lipinski definition) is 3. The molecular formula is C16H28N2O. The molecule has 0 amide bonds. The highest BCUT2D eigenvalue weighted by Crippen LogP contribution is 2.20. The van der Waals surface area contributed by atoms with Gasteiger partial charge in [0, 0.05) is 12.1 Å². The van der Waals surface area contributed by atoms with Crippen LogP contribution in [-0.4, -0.2) is 24.5 Å². The Morgan fingerprint density at radius 1 is 1.37 bits per heavy atom. The van der Waals surface area contributed by atoms with E-state index in [1.54, 1.807) is 0 Å². The number of furan rings is 1. The van der Waals surface area contributed by atoms with E-state index in [-0.39, 0.29) is 0 Å². The van der Waals surface area contributed by atoms with E-state index in [9.17, 15) is 0 Å². The summed E-state index contributed by atoms with van der Waals surface area (Å²) in [6.07, 6.45) is 7.03. The van der Waals surface area contributed by atoms with Gasteiger partial charge in [0.1, 0.15) is 5.76 Å². The highest BCUT2D eigenvalue weighted by atomic mass is 16.3. The van der Waals surface area contributed by atoms with Crippen molar-refractivity contribution in [1.29, 1.82) is 0 Å². The molecule has 1 aromatic rings. The molecule has 3 nitrogen and oxygen atoms in total. The zero-order chi connectivity index (χ0) is 13.5. The first kappa shape index (κ1) is 14.6. The Hall–Kier alpha value is -0.800. The van der Waals surface area contributed by atoms with Crippen LogP contribution in [0.15, 0.2) is 16.7 Å². The van der Waals surface area contributed by atoms with Crippen molar-refractivity contribution in [3.63, 3.8) is 0 Å². The Labute approximate surface area is 117 Å². The molecular weight excluding hydrogens is 236 g/mol. The van der Waals surface area contributed by atoms with Gasteiger partial charge in [-0.15, -0.1) is 0 Å². The van der Waals surface area contributed by atoms with Crippen LogP contribution in [0.3, 0.4) is 0 Å². The fourth-order valence-electron chi connectivity index (χ4n) is 2.75. The molecule has 0 aliphatic carbocycles. The summed E-state index contributed by atoms with van der Waals surface area (Å²) in [5, 5.41) is 3.46. The maximum Gasteiger partial charge on any atom is 0.122 e. The molecule has 1 atom stereocenters. The predicted molar refractivity (Wildman–Crippen MR) is 79.0 cm³/mol. The average Bonchev–Trinajstić information content (AvgIpc) is 2.73. The molecule has 0 radical (unpaired) electrons. The van der Waals surface area contributed by atoms with Crippen molar-refractivity contribution >= 4 is 0 Å². The second kappa shape index (κ2) is 7.71. The Kier molecular flexibility index (Phi) is 5.93. The smallest absolute Gasteiger partial charge is 0.122 e. The lowest BCUT2D eigenvalue weighted by atomic mass is 10.0. The Morgan fingerprint density at radius 3 is 3.11 bits per heavy atom. The second-order valence-corrected chi connectivity index (χ2v) is 5.86. The van der Waals surface area contributed by atoms with Gasteiger partial charge in [0.25, 0.3) is 0 Å². The predicted octanol–water partition coefficient (Wildman–Crippen LogP) is 3.40. The molecule has 1 aromatic heterocycles. The van der Waals surface area contributed by atoms with Crippen LogP contribution in [0.4, 0.5) is 0 Å². The first-order valence-electron chi connectivity index (χ1n) is 7.78. The minimum absolute atomic E-state index is 0.882. The Balaban J connectivity index is 1.86. The van der Waals surface area contributed by atoms with E-state index in [2.05, 4.69) is 30.1 Å². The van der Waals surface area contributed by atoms with Gasteiger partial charge in [0.05, 0.1) is 12.8 Å². The summed E-state index contributed by atoms with van der Waals surface area (Å²) in [5.74, 6) is 2.03. The van der Waals surface area contributed by atoms with Gasteiger partial charge < -0.3 is 9.73 Å². The first-order valence-corrected chi connectivity index (χ1v) is 7.78. The molecule has 1 N–H and O–H groups in total. The Bertz CT molecular complexity index is 361. The van der Waals surface area contributed by atoms with Crippen molar-refractivity contribution in [2.75, 3.05) is 19.6 Å². The van der Waals surface area contributed by atoms with Crippen molar-refractivity contribution in [1.82, 2.24) is 10.2 Å². The molecule has 1 unspecified atom stereocenters. The van der Waals surface area contributed by atoms with Crippen LogP contribution in [-0.2, 0) is 13.1 Å². The van der Waals surface area contributed by atoms with E-state index >= 15 is 0 Å². The van der Waals surface area contributed by atoms with Gasteiger partial charge in [-0.1, -0.05) is 13.8 Å². The summed E-state index contributed by atoms with van der Waals surface area (Å²) < 4.78 is 5.68. The third-order valence-corrected chi connectivity index (χ3v) is 4.06. The van der Waals surface area contributed by atoms with E-state index in [1.165, 1.54) is 44.3 Å². The summed E-state index contributed by atoms with van der Waals surface area (Å²) in [4.78, 5) is 2.55. The summed E-state index contributed by atoms with van der Waals surface area (Å²) in [6.45, 7) is 9.98. The van der Waals surface area contributed by atoms with Gasteiger partial charge in [-0.25, -0.2) is 0 Å². The SMILES string of the molecule is CCCNCc1ccoc1CN1CCCC(C)CC1. The van der Waals surface area contributed by atoms with Gasteiger partial charge in [-0.05, 0) is 57.3 Å². The van der Waals surface area contributed by atoms with Crippen molar-refractivity contribution in [3.8, 4) is 0 Å². The van der Waals surface area contributed by atoms with E-state index in [1.807, 2.05) is 6.26 Å². The van der Waals surface area contributed by atoms with E-state index in [0.29, 0.717) is 0 Å². The molecule has 3 heteroatoms. The molecule has 2 heterocycles. The monoisotopic (exact) mass is 264 g/mol. The second-order valence-electron chi connectivity index (χ2n) is 5.86. The van der Waals surface area contributed by atoms with Crippen molar-refractivity contribution in [3.05, 3.63) is 23.7 Å². The lowest BCUT2D eigenvalue weighted by Crippen LogP contribution is -2.25. The first-order chi connectivity index (χ1) is 9.29. The zero-order valence-corrected chi connectivity index (χ0v) is 12.5. The van der Waals surface area contributed by atoms with Gasteiger partial charge in [-0.3, -0.25) is 4.90 Å². The van der Waals surface area contributed by atoms with Gasteiger partial charge >= 0.3 is 0 Å². The number of nitrogens with one attached hydrogen (secondary N) is 1. The molecule has 0 bridgehead atoms. The molecule has 1 aliphatic rings. The fraction of sp³-hybridized carbons (Fsp3) is 0.750. The maximum atomic E-state index is 5.68. The van der Waals surface area contributed by atoms with E-state index < -0.39 is 0 Å². The van der Waals surface area contributed by atoms with Crippen LogP contribution >= 0.6 is 0 Å². The minimum Gasteiger partial charge on any atom is -0.468 e. The average molecular weight is 264 g/mol. The number of rotatable bonds is 6. The van der Waals surface area contributed by atoms with Gasteiger partial charge in [-0.2, -0.15) is 0 Å². The molecule has 2 rings (SSSR count). The summed E-state index contributed by atoms with van der Waals surface area (Å²) in [6, 6.07) is 2.11. The molecule has 1 aliphatic heterocycles. The van der Waals surface area contributed by atoms with E-state index in [4.69, 9.17) is 4.42 Å². The van der Waals surface area contributed by atoms with Crippen LogP contribution in [0.2, 0.25) is 0 Å². The topological polar surface area (TPSA) is 28.4 Å². The largest absolute Gasteiger partial charge is 0.468 e. The number of likely N-dealkylation sites (tertiary alicyclic amines) is 1. The third kappa shape index (κ3) is 4.66. The lowest BCUT2D eigenvalue weighted by Gasteiger charge is -2.19. The van der Waals surface area contributed by atoms with Crippen LogP contribution < -0.4 is 5.32 Å². The number of hydrogen-bond donors (Lipinski definition) is 1. The highest BCUT2D eigenvalue weighted by Gasteiger charge is 2.16. The third-order valence-electron chi connectivity index (χ3n) is 4.06. The molecule has 1 saturated heterocycles. The van der Waals surface area contributed by atoms with E-state index in [0.717, 1.165) is 31.3 Å². The molecule has 108 valence electrons. The zero-order valence-electron chi connectivity index (χ0n) is 12.5. The molecule has 19 heavy (non-hydrogen) atoms. The lowest BCUT2D eigenvalue weighted by molar-refractivity contribution is 0.249. The standard InChI is InChI=1S/C16H28N2O/c1-3-8-17-12-15-7-11-19-16(15)13-18-9-4-5-14(2)6-10-18/h7,11,14,17H,3-6,8-10,12-13H2,1-2H3. The number of nitrogens with zero attached hydrogens (tertiary/aromatic N) is 1. The van der Waals surface area contributed by atoms with Crippen molar-refractivity contribution < 1.29 is 4.42 Å². The molecule has 1 fully saturated rings. The molecule has 0 aromatic carbocycles. The Morgan fingerprint density at radius 2 is 2.26 bits per heavy atom. The summed E-state index contributed by atoms with van der Waals surface area (Å²) in [5.41, 5.74) is 1.32. The summed E-state index contributed by atoms with van der Waals surface area (Å²) >= 11 is 0. The normalized spacial score (nSPS) is 21.5.